The minimum absolute atomic E-state index is 0.0180. The molecule has 0 aliphatic carbocycles. The number of nitrogens with zero attached hydrogens (tertiary/aromatic N) is 2. The second-order valence-corrected chi connectivity index (χ2v) is 6.65. The number of anilines is 1. The lowest BCUT2D eigenvalue weighted by atomic mass is 9.96. The first-order valence-electron chi connectivity index (χ1n) is 6.55. The highest BCUT2D eigenvalue weighted by Crippen LogP contribution is 2.22. The summed E-state index contributed by atoms with van der Waals surface area (Å²) in [5.41, 5.74) is 0.0180. The summed E-state index contributed by atoms with van der Waals surface area (Å²) in [5, 5.41) is 4.13. The molecule has 0 amide bonds. The minimum Gasteiger partial charge on any atom is -0.380 e. The highest BCUT2D eigenvalue weighted by Gasteiger charge is 2.19. The van der Waals surface area contributed by atoms with Crippen molar-refractivity contribution in [2.45, 2.75) is 46.5 Å². The van der Waals surface area contributed by atoms with Crippen LogP contribution in [0.25, 0.3) is 0 Å². The molecule has 0 aliphatic heterocycles. The van der Waals surface area contributed by atoms with Crippen molar-refractivity contribution in [2.24, 2.45) is 5.92 Å². The van der Waals surface area contributed by atoms with Gasteiger partial charge in [-0.25, -0.2) is 4.98 Å². The van der Waals surface area contributed by atoms with E-state index < -0.39 is 0 Å². The third-order valence-corrected chi connectivity index (χ3v) is 3.13. The first kappa shape index (κ1) is 15.4. The molecule has 5 heteroatoms. The van der Waals surface area contributed by atoms with Gasteiger partial charge in [0.2, 0.25) is 5.13 Å². The van der Waals surface area contributed by atoms with Crippen LogP contribution in [0, 0.1) is 5.92 Å². The van der Waals surface area contributed by atoms with Crippen molar-refractivity contribution in [3.8, 4) is 0 Å². The molecule has 4 nitrogen and oxygen atoms in total. The Bertz CT molecular complexity index is 344. The van der Waals surface area contributed by atoms with Crippen molar-refractivity contribution in [1.82, 2.24) is 9.36 Å². The smallest absolute Gasteiger partial charge is 0.202 e. The van der Waals surface area contributed by atoms with Crippen molar-refractivity contribution < 1.29 is 4.74 Å². The van der Waals surface area contributed by atoms with Crippen LogP contribution in [-0.2, 0) is 10.2 Å². The number of nitrogens with one attached hydrogen (secondary N) is 1. The summed E-state index contributed by atoms with van der Waals surface area (Å²) in [4.78, 5) is 4.47. The van der Waals surface area contributed by atoms with Crippen LogP contribution in [0.4, 0.5) is 5.13 Å². The van der Waals surface area contributed by atoms with E-state index in [2.05, 4.69) is 49.3 Å². The Labute approximate surface area is 114 Å². The first-order valence-corrected chi connectivity index (χ1v) is 7.32. The molecule has 0 saturated heterocycles. The molecule has 0 aromatic carbocycles. The molecule has 1 rings (SSSR count). The predicted octanol–water partition coefficient (Wildman–Crippen LogP) is 3.31. The van der Waals surface area contributed by atoms with Gasteiger partial charge in [-0.2, -0.15) is 4.37 Å². The number of aromatic nitrogens is 2. The third kappa shape index (κ3) is 5.78. The van der Waals surface area contributed by atoms with E-state index in [0.717, 1.165) is 37.1 Å². The Morgan fingerprint density at radius 2 is 2.00 bits per heavy atom. The van der Waals surface area contributed by atoms with Gasteiger partial charge >= 0.3 is 0 Å². The van der Waals surface area contributed by atoms with Crippen LogP contribution in [0.3, 0.4) is 0 Å². The van der Waals surface area contributed by atoms with Crippen LogP contribution >= 0.6 is 11.5 Å². The second-order valence-electron chi connectivity index (χ2n) is 5.89. The molecule has 18 heavy (non-hydrogen) atoms. The zero-order valence-electron chi connectivity index (χ0n) is 12.1. The maximum atomic E-state index is 5.53. The predicted molar refractivity (Wildman–Crippen MR) is 77.4 cm³/mol. The fraction of sp³-hybridized carbons (Fsp3) is 0.846. The zero-order valence-corrected chi connectivity index (χ0v) is 12.9. The summed E-state index contributed by atoms with van der Waals surface area (Å²) in [7, 11) is 0. The lowest BCUT2D eigenvalue weighted by Crippen LogP contribution is -2.14. The van der Waals surface area contributed by atoms with Gasteiger partial charge in [0.15, 0.2) is 0 Å². The maximum absolute atomic E-state index is 5.53. The van der Waals surface area contributed by atoms with Gasteiger partial charge in [-0.3, -0.25) is 0 Å². The van der Waals surface area contributed by atoms with Crippen molar-refractivity contribution >= 4 is 16.7 Å². The van der Waals surface area contributed by atoms with E-state index in [4.69, 9.17) is 4.74 Å². The number of hydrogen-bond acceptors (Lipinski definition) is 5. The average Bonchev–Trinajstić information content (AvgIpc) is 2.71. The fourth-order valence-electron chi connectivity index (χ4n) is 1.25. The van der Waals surface area contributed by atoms with Gasteiger partial charge < -0.3 is 10.1 Å². The van der Waals surface area contributed by atoms with E-state index in [-0.39, 0.29) is 5.41 Å². The Morgan fingerprint density at radius 3 is 2.56 bits per heavy atom. The fourth-order valence-corrected chi connectivity index (χ4v) is 2.03. The molecule has 0 unspecified atom stereocenters. The van der Waals surface area contributed by atoms with Gasteiger partial charge in [0.05, 0.1) is 6.61 Å². The van der Waals surface area contributed by atoms with Gasteiger partial charge in [0, 0.05) is 30.1 Å². The topological polar surface area (TPSA) is 47.0 Å². The van der Waals surface area contributed by atoms with Crippen molar-refractivity contribution in [2.75, 3.05) is 25.1 Å². The SMILES string of the molecule is CC(C)CCOCCNc1nc(C(C)(C)C)ns1. The minimum atomic E-state index is 0.0180. The molecular formula is C13H25N3OS. The van der Waals surface area contributed by atoms with Crippen LogP contribution in [0.2, 0.25) is 0 Å². The molecule has 0 atom stereocenters. The van der Waals surface area contributed by atoms with Gasteiger partial charge in [0.25, 0.3) is 0 Å². The summed E-state index contributed by atoms with van der Waals surface area (Å²) < 4.78 is 9.89. The molecule has 0 spiro atoms. The highest BCUT2D eigenvalue weighted by molar-refractivity contribution is 7.09. The molecule has 0 radical (unpaired) electrons. The summed E-state index contributed by atoms with van der Waals surface area (Å²) in [6, 6.07) is 0. The Hall–Kier alpha value is -0.680. The molecule has 104 valence electrons. The molecule has 0 aliphatic rings. The summed E-state index contributed by atoms with van der Waals surface area (Å²) >= 11 is 1.42. The Morgan fingerprint density at radius 1 is 1.28 bits per heavy atom. The van der Waals surface area contributed by atoms with E-state index in [1.54, 1.807) is 0 Å². The van der Waals surface area contributed by atoms with Gasteiger partial charge in [-0.1, -0.05) is 34.6 Å². The van der Waals surface area contributed by atoms with Crippen LogP contribution in [0.1, 0.15) is 46.9 Å². The standard InChI is InChI=1S/C13H25N3OS/c1-10(2)6-8-17-9-7-14-12-15-11(16-18-12)13(3,4)5/h10H,6-9H2,1-5H3,(H,14,15,16). The van der Waals surface area contributed by atoms with E-state index in [0.29, 0.717) is 5.92 Å². The maximum Gasteiger partial charge on any atom is 0.202 e. The molecule has 0 bridgehead atoms. The number of hydrogen-bond donors (Lipinski definition) is 1. The van der Waals surface area contributed by atoms with Crippen molar-refractivity contribution in [3.63, 3.8) is 0 Å². The molecule has 1 aromatic heterocycles. The first-order chi connectivity index (χ1) is 8.39. The van der Waals surface area contributed by atoms with Gasteiger partial charge in [-0.05, 0) is 12.3 Å². The van der Waals surface area contributed by atoms with Crippen LogP contribution in [0.15, 0.2) is 0 Å². The molecule has 0 fully saturated rings. The largest absolute Gasteiger partial charge is 0.380 e. The molecular weight excluding hydrogens is 246 g/mol. The van der Waals surface area contributed by atoms with E-state index in [9.17, 15) is 0 Å². The molecule has 1 heterocycles. The van der Waals surface area contributed by atoms with Crippen LogP contribution < -0.4 is 5.32 Å². The van der Waals surface area contributed by atoms with Gasteiger partial charge in [-0.15, -0.1) is 0 Å². The third-order valence-electron chi connectivity index (χ3n) is 2.46. The van der Waals surface area contributed by atoms with Crippen LogP contribution in [-0.4, -0.2) is 29.1 Å². The monoisotopic (exact) mass is 271 g/mol. The average molecular weight is 271 g/mol. The molecule has 1 aromatic rings. The van der Waals surface area contributed by atoms with Gasteiger partial charge in [0.1, 0.15) is 5.82 Å². The Kier molecular flexibility index (Phi) is 6.02. The normalized spacial score (nSPS) is 12.1. The molecule has 1 N–H and O–H groups in total. The zero-order chi connectivity index (χ0) is 13.6. The Balaban J connectivity index is 2.18. The van der Waals surface area contributed by atoms with Crippen molar-refractivity contribution in [3.05, 3.63) is 5.82 Å². The quantitative estimate of drug-likeness (QED) is 0.773. The highest BCUT2D eigenvalue weighted by atomic mass is 32.1. The number of rotatable bonds is 7. The lowest BCUT2D eigenvalue weighted by molar-refractivity contribution is 0.132. The van der Waals surface area contributed by atoms with E-state index in [1.165, 1.54) is 11.5 Å². The lowest BCUT2D eigenvalue weighted by Gasteiger charge is -2.12. The summed E-state index contributed by atoms with van der Waals surface area (Å²) in [5.74, 6) is 1.60. The second kappa shape index (κ2) is 7.04. The number of ether oxygens (including phenoxy) is 1. The van der Waals surface area contributed by atoms with Crippen molar-refractivity contribution in [1.29, 1.82) is 0 Å². The van der Waals surface area contributed by atoms with E-state index >= 15 is 0 Å². The van der Waals surface area contributed by atoms with Crippen LogP contribution in [0.5, 0.6) is 0 Å². The summed E-state index contributed by atoms with van der Waals surface area (Å²) in [6.07, 6.45) is 1.12. The van der Waals surface area contributed by atoms with E-state index in [1.807, 2.05) is 0 Å². The molecule has 0 saturated carbocycles. The summed E-state index contributed by atoms with van der Waals surface area (Å²) in [6.45, 7) is 13.1.